The predicted octanol–water partition coefficient (Wildman–Crippen LogP) is 6.62. The van der Waals surface area contributed by atoms with Crippen molar-refractivity contribution < 1.29 is 27.8 Å². The molecule has 1 amide bonds. The molecule has 0 radical (unpaired) electrons. The number of carbonyl (C=O) groups is 1. The standard InChI is InChI=1S/C28H26FNO5/c1-16(11-26(31)30-20-8-6-7-19(29)13-20)21-14-22-23(15-35-28(22)17(2)27(21)34-5)18-9-10-24(32-3)25(12-18)33-4/h6-15H,1-5H3,(H,30,31)/b16-11+. The molecule has 1 N–H and O–H groups in total. The van der Waals surface area contributed by atoms with E-state index in [0.717, 1.165) is 27.6 Å². The first-order valence-electron chi connectivity index (χ1n) is 10.9. The number of hydrogen-bond acceptors (Lipinski definition) is 5. The highest BCUT2D eigenvalue weighted by molar-refractivity contribution is 6.06. The Labute approximate surface area is 202 Å². The third kappa shape index (κ3) is 4.71. The van der Waals surface area contributed by atoms with Crippen LogP contribution in [0.15, 0.2) is 65.3 Å². The van der Waals surface area contributed by atoms with Crippen LogP contribution in [0.1, 0.15) is 18.1 Å². The van der Waals surface area contributed by atoms with Gasteiger partial charge in [-0.25, -0.2) is 4.39 Å². The zero-order chi connectivity index (χ0) is 25.1. The van der Waals surface area contributed by atoms with Crippen molar-refractivity contribution >= 4 is 28.1 Å². The summed E-state index contributed by atoms with van der Waals surface area (Å²) in [5, 5.41) is 3.55. The largest absolute Gasteiger partial charge is 0.496 e. The maximum Gasteiger partial charge on any atom is 0.248 e. The number of rotatable bonds is 7. The molecule has 1 aromatic heterocycles. The van der Waals surface area contributed by atoms with E-state index in [0.29, 0.717) is 34.1 Å². The summed E-state index contributed by atoms with van der Waals surface area (Å²) in [5.74, 6) is 1.05. The van der Waals surface area contributed by atoms with Crippen molar-refractivity contribution in [2.45, 2.75) is 13.8 Å². The number of methoxy groups -OCH3 is 3. The molecule has 0 aliphatic carbocycles. The van der Waals surface area contributed by atoms with Gasteiger partial charge in [-0.05, 0) is 61.4 Å². The molecule has 0 aliphatic heterocycles. The van der Waals surface area contributed by atoms with E-state index in [4.69, 9.17) is 18.6 Å². The number of nitrogens with one attached hydrogen (secondary N) is 1. The number of furan rings is 1. The lowest BCUT2D eigenvalue weighted by molar-refractivity contribution is -0.111. The molecule has 6 nitrogen and oxygen atoms in total. The number of carbonyl (C=O) groups excluding carboxylic acids is 1. The first kappa shape index (κ1) is 23.9. The Morgan fingerprint density at radius 3 is 2.46 bits per heavy atom. The molecule has 0 saturated carbocycles. The number of halogens is 1. The molecule has 3 aromatic carbocycles. The van der Waals surface area contributed by atoms with Gasteiger partial charge in [0, 0.05) is 33.8 Å². The monoisotopic (exact) mass is 475 g/mol. The molecular formula is C28H26FNO5. The van der Waals surface area contributed by atoms with Crippen LogP contribution in [0, 0.1) is 12.7 Å². The lowest BCUT2D eigenvalue weighted by Crippen LogP contribution is -2.09. The van der Waals surface area contributed by atoms with Gasteiger partial charge in [-0.15, -0.1) is 0 Å². The Bertz CT molecular complexity index is 1440. The summed E-state index contributed by atoms with van der Waals surface area (Å²) in [4.78, 5) is 12.6. The molecule has 0 bridgehead atoms. The smallest absolute Gasteiger partial charge is 0.248 e. The van der Waals surface area contributed by atoms with Crippen LogP contribution in [-0.4, -0.2) is 27.2 Å². The van der Waals surface area contributed by atoms with Crippen LogP contribution in [0.2, 0.25) is 0 Å². The van der Waals surface area contributed by atoms with Crippen molar-refractivity contribution in [3.63, 3.8) is 0 Å². The van der Waals surface area contributed by atoms with Gasteiger partial charge in [0.25, 0.3) is 0 Å². The number of hydrogen-bond donors (Lipinski definition) is 1. The number of aryl methyl sites for hydroxylation is 1. The molecule has 0 fully saturated rings. The van der Waals surface area contributed by atoms with E-state index in [2.05, 4.69) is 5.32 Å². The summed E-state index contributed by atoms with van der Waals surface area (Å²) in [6.45, 7) is 3.73. The molecule has 0 aliphatic rings. The van der Waals surface area contributed by atoms with E-state index in [-0.39, 0.29) is 5.91 Å². The summed E-state index contributed by atoms with van der Waals surface area (Å²) >= 11 is 0. The zero-order valence-corrected chi connectivity index (χ0v) is 20.2. The third-order valence-electron chi connectivity index (χ3n) is 5.81. The molecule has 7 heteroatoms. The van der Waals surface area contributed by atoms with E-state index in [1.54, 1.807) is 33.7 Å². The normalized spacial score (nSPS) is 11.4. The van der Waals surface area contributed by atoms with Gasteiger partial charge in [-0.3, -0.25) is 4.79 Å². The topological polar surface area (TPSA) is 69.9 Å². The third-order valence-corrected chi connectivity index (χ3v) is 5.81. The molecule has 0 unspecified atom stereocenters. The minimum atomic E-state index is -0.422. The van der Waals surface area contributed by atoms with Crippen LogP contribution in [0.25, 0.3) is 27.7 Å². The van der Waals surface area contributed by atoms with Gasteiger partial charge in [-0.1, -0.05) is 12.1 Å². The van der Waals surface area contributed by atoms with Crippen LogP contribution in [-0.2, 0) is 4.79 Å². The molecule has 0 saturated heterocycles. The van der Waals surface area contributed by atoms with Gasteiger partial charge in [-0.2, -0.15) is 0 Å². The molecule has 1 heterocycles. The first-order chi connectivity index (χ1) is 16.9. The molecule has 4 rings (SSSR count). The minimum Gasteiger partial charge on any atom is -0.496 e. The van der Waals surface area contributed by atoms with Crippen molar-refractivity contribution in [2.75, 3.05) is 26.6 Å². The highest BCUT2D eigenvalue weighted by Crippen LogP contribution is 2.42. The maximum absolute atomic E-state index is 13.5. The summed E-state index contributed by atoms with van der Waals surface area (Å²) in [6, 6.07) is 13.3. The number of anilines is 1. The van der Waals surface area contributed by atoms with E-state index >= 15 is 0 Å². The van der Waals surface area contributed by atoms with Gasteiger partial charge >= 0.3 is 0 Å². The number of ether oxygens (including phenoxy) is 3. The van der Waals surface area contributed by atoms with Crippen molar-refractivity contribution in [1.29, 1.82) is 0 Å². The highest BCUT2D eigenvalue weighted by Gasteiger charge is 2.19. The number of amides is 1. The molecule has 35 heavy (non-hydrogen) atoms. The number of allylic oxidation sites excluding steroid dienone is 1. The van der Waals surface area contributed by atoms with Crippen LogP contribution in [0.3, 0.4) is 0 Å². The van der Waals surface area contributed by atoms with Gasteiger partial charge in [0.1, 0.15) is 17.1 Å². The average molecular weight is 476 g/mol. The second kappa shape index (κ2) is 9.93. The molecular weight excluding hydrogens is 449 g/mol. The van der Waals surface area contributed by atoms with Crippen LogP contribution in [0.4, 0.5) is 10.1 Å². The predicted molar refractivity (Wildman–Crippen MR) is 135 cm³/mol. The van der Waals surface area contributed by atoms with Crippen molar-refractivity contribution in [3.05, 3.63) is 77.8 Å². The van der Waals surface area contributed by atoms with Crippen molar-refractivity contribution in [2.24, 2.45) is 0 Å². The number of fused-ring (bicyclic) bond motifs is 1. The molecule has 4 aromatic rings. The summed E-state index contributed by atoms with van der Waals surface area (Å²) in [7, 11) is 4.76. The Hall–Kier alpha value is -4.26. The Kier molecular flexibility index (Phi) is 6.78. The Morgan fingerprint density at radius 1 is 1.00 bits per heavy atom. The van der Waals surface area contributed by atoms with Crippen molar-refractivity contribution in [1.82, 2.24) is 0 Å². The zero-order valence-electron chi connectivity index (χ0n) is 20.2. The maximum atomic E-state index is 13.5. The van der Waals surface area contributed by atoms with Gasteiger partial charge in [0.2, 0.25) is 5.91 Å². The lowest BCUT2D eigenvalue weighted by atomic mass is 9.96. The van der Waals surface area contributed by atoms with Gasteiger partial charge in [0.15, 0.2) is 11.5 Å². The summed E-state index contributed by atoms with van der Waals surface area (Å²) < 4.78 is 35.9. The van der Waals surface area contributed by atoms with Crippen LogP contribution in [0.5, 0.6) is 17.2 Å². The van der Waals surface area contributed by atoms with E-state index in [1.165, 1.54) is 24.3 Å². The first-order valence-corrected chi connectivity index (χ1v) is 10.9. The van der Waals surface area contributed by atoms with E-state index < -0.39 is 5.82 Å². The average Bonchev–Trinajstić information content (AvgIpc) is 3.27. The molecule has 0 spiro atoms. The second-order valence-electron chi connectivity index (χ2n) is 8.01. The fourth-order valence-corrected chi connectivity index (χ4v) is 4.12. The summed E-state index contributed by atoms with van der Waals surface area (Å²) in [5.41, 5.74) is 5.06. The van der Waals surface area contributed by atoms with Crippen LogP contribution < -0.4 is 19.5 Å². The fourth-order valence-electron chi connectivity index (χ4n) is 4.12. The number of benzene rings is 3. The van der Waals surface area contributed by atoms with Crippen molar-refractivity contribution in [3.8, 4) is 28.4 Å². The van der Waals surface area contributed by atoms with E-state index in [9.17, 15) is 9.18 Å². The Morgan fingerprint density at radius 2 is 1.77 bits per heavy atom. The summed E-state index contributed by atoms with van der Waals surface area (Å²) in [6.07, 6.45) is 3.15. The molecule has 0 atom stereocenters. The highest BCUT2D eigenvalue weighted by atomic mass is 19.1. The van der Waals surface area contributed by atoms with Crippen LogP contribution >= 0.6 is 0 Å². The SMILES string of the molecule is COc1ccc(-c2coc3c(C)c(OC)c(/C(C)=C/C(=O)Nc4cccc(F)c4)cc23)cc1OC. The van der Waals surface area contributed by atoms with E-state index in [1.807, 2.05) is 38.1 Å². The lowest BCUT2D eigenvalue weighted by Gasteiger charge is -2.14. The quantitative estimate of drug-likeness (QED) is 0.304. The molecule has 180 valence electrons. The fraction of sp³-hybridized carbons (Fsp3) is 0.179. The second-order valence-corrected chi connectivity index (χ2v) is 8.01. The van der Waals surface area contributed by atoms with Gasteiger partial charge < -0.3 is 23.9 Å². The van der Waals surface area contributed by atoms with Gasteiger partial charge in [0.05, 0.1) is 27.6 Å². The minimum absolute atomic E-state index is 0.375. The Balaban J connectivity index is 1.78.